The second-order valence-corrected chi connectivity index (χ2v) is 7.94. The van der Waals surface area contributed by atoms with E-state index in [-0.39, 0.29) is 23.7 Å². The third kappa shape index (κ3) is 4.92. The first kappa shape index (κ1) is 22.1. The Morgan fingerprint density at radius 1 is 1.27 bits per heavy atom. The molecule has 0 unspecified atom stereocenters. The number of nitrogens with zero attached hydrogens (tertiary/aromatic N) is 1. The van der Waals surface area contributed by atoms with Crippen LogP contribution in [0.1, 0.15) is 44.6 Å². The monoisotopic (exact) mass is 417 g/mol. The van der Waals surface area contributed by atoms with E-state index in [0.29, 0.717) is 32.7 Å². The number of carbonyl (C=O) groups is 3. The summed E-state index contributed by atoms with van der Waals surface area (Å²) in [5.41, 5.74) is 0.708. The first-order chi connectivity index (χ1) is 14.5. The molecule has 2 saturated heterocycles. The van der Waals surface area contributed by atoms with Crippen LogP contribution in [-0.2, 0) is 19.7 Å². The van der Waals surface area contributed by atoms with Gasteiger partial charge in [-0.2, -0.15) is 0 Å². The molecular formula is C22H31N3O5. The standard InChI is InChI=1S/C22H31N3O5/c1-3-12-23-19(26)9-8-18-20(27)25(21(28)24-18)15-22(10-13-30-14-11-22)16-4-6-17(29-2)7-5-16/h4-7,18H,3,8-15H2,1-2H3,(H,23,26)(H,24,28)/t18-/m1/s1. The molecule has 2 fully saturated rings. The molecule has 8 heteroatoms. The van der Waals surface area contributed by atoms with Crippen molar-refractivity contribution in [2.24, 2.45) is 0 Å². The molecule has 4 amide bonds. The Balaban J connectivity index is 1.70. The molecule has 1 aromatic carbocycles. The zero-order chi connectivity index (χ0) is 21.6. The van der Waals surface area contributed by atoms with Gasteiger partial charge in [-0.15, -0.1) is 0 Å². The molecule has 3 rings (SSSR count). The molecular weight excluding hydrogens is 386 g/mol. The van der Waals surface area contributed by atoms with Gasteiger partial charge in [0.1, 0.15) is 11.8 Å². The smallest absolute Gasteiger partial charge is 0.324 e. The van der Waals surface area contributed by atoms with Gasteiger partial charge in [0.05, 0.1) is 7.11 Å². The van der Waals surface area contributed by atoms with Crippen LogP contribution in [0.25, 0.3) is 0 Å². The van der Waals surface area contributed by atoms with Crippen LogP contribution in [0.15, 0.2) is 24.3 Å². The number of methoxy groups -OCH3 is 1. The number of amides is 4. The Hall–Kier alpha value is -2.61. The van der Waals surface area contributed by atoms with Crippen molar-refractivity contribution < 1.29 is 23.9 Å². The van der Waals surface area contributed by atoms with Crippen molar-refractivity contribution in [3.8, 4) is 5.75 Å². The van der Waals surface area contributed by atoms with Gasteiger partial charge in [0.25, 0.3) is 5.91 Å². The van der Waals surface area contributed by atoms with Gasteiger partial charge in [0.15, 0.2) is 0 Å². The normalized spacial score (nSPS) is 20.7. The lowest BCUT2D eigenvalue weighted by Gasteiger charge is -2.39. The zero-order valence-electron chi connectivity index (χ0n) is 17.7. The van der Waals surface area contributed by atoms with Gasteiger partial charge < -0.3 is 20.1 Å². The minimum atomic E-state index is -0.655. The van der Waals surface area contributed by atoms with Crippen LogP contribution in [0.2, 0.25) is 0 Å². The van der Waals surface area contributed by atoms with Crippen LogP contribution >= 0.6 is 0 Å². The maximum Gasteiger partial charge on any atom is 0.324 e. The lowest BCUT2D eigenvalue weighted by Crippen LogP contribution is -2.47. The van der Waals surface area contributed by atoms with E-state index >= 15 is 0 Å². The molecule has 0 radical (unpaired) electrons. The average molecular weight is 418 g/mol. The van der Waals surface area contributed by atoms with Gasteiger partial charge in [0, 0.05) is 38.1 Å². The number of urea groups is 1. The predicted octanol–water partition coefficient (Wildman–Crippen LogP) is 1.97. The lowest BCUT2D eigenvalue weighted by atomic mass is 9.73. The highest BCUT2D eigenvalue weighted by molar-refractivity contribution is 6.04. The second-order valence-electron chi connectivity index (χ2n) is 7.94. The fraction of sp³-hybridized carbons (Fsp3) is 0.591. The quantitative estimate of drug-likeness (QED) is 0.599. The van der Waals surface area contributed by atoms with E-state index in [9.17, 15) is 14.4 Å². The largest absolute Gasteiger partial charge is 0.497 e. The molecule has 164 valence electrons. The predicted molar refractivity (Wildman–Crippen MR) is 111 cm³/mol. The van der Waals surface area contributed by atoms with Crippen molar-refractivity contribution in [2.45, 2.75) is 50.5 Å². The van der Waals surface area contributed by atoms with Crippen LogP contribution in [-0.4, -0.2) is 62.2 Å². The minimum absolute atomic E-state index is 0.100. The van der Waals surface area contributed by atoms with Crippen molar-refractivity contribution in [1.82, 2.24) is 15.5 Å². The van der Waals surface area contributed by atoms with E-state index in [1.54, 1.807) is 7.11 Å². The van der Waals surface area contributed by atoms with Crippen LogP contribution < -0.4 is 15.4 Å². The Kier molecular flexibility index (Phi) is 7.31. The minimum Gasteiger partial charge on any atom is -0.497 e. The van der Waals surface area contributed by atoms with E-state index in [2.05, 4.69) is 10.6 Å². The Bertz CT molecular complexity index is 759. The molecule has 8 nitrogen and oxygen atoms in total. The molecule has 1 aromatic rings. The van der Waals surface area contributed by atoms with Gasteiger partial charge in [-0.05, 0) is 43.4 Å². The maximum absolute atomic E-state index is 12.9. The average Bonchev–Trinajstić information content (AvgIpc) is 3.04. The number of rotatable bonds is 9. The molecule has 2 aliphatic rings. The first-order valence-electron chi connectivity index (χ1n) is 10.6. The van der Waals surface area contributed by atoms with E-state index in [0.717, 1.165) is 30.6 Å². The van der Waals surface area contributed by atoms with Crippen LogP contribution in [0.5, 0.6) is 5.75 Å². The summed E-state index contributed by atoms with van der Waals surface area (Å²) in [6.07, 6.45) is 2.81. The molecule has 0 bridgehead atoms. The van der Waals surface area contributed by atoms with E-state index in [4.69, 9.17) is 9.47 Å². The second kappa shape index (κ2) is 9.93. The summed E-state index contributed by atoms with van der Waals surface area (Å²) >= 11 is 0. The van der Waals surface area contributed by atoms with Gasteiger partial charge in [-0.1, -0.05) is 19.1 Å². The summed E-state index contributed by atoms with van der Waals surface area (Å²) in [7, 11) is 1.62. The summed E-state index contributed by atoms with van der Waals surface area (Å²) in [5, 5.41) is 5.54. The molecule has 0 spiro atoms. The number of imide groups is 1. The summed E-state index contributed by atoms with van der Waals surface area (Å²) in [5.74, 6) is 0.400. The van der Waals surface area contributed by atoms with Crippen molar-refractivity contribution in [3.63, 3.8) is 0 Å². The summed E-state index contributed by atoms with van der Waals surface area (Å²) in [6.45, 7) is 4.05. The molecule has 0 saturated carbocycles. The van der Waals surface area contributed by atoms with E-state index < -0.39 is 12.1 Å². The topological polar surface area (TPSA) is 97.0 Å². The fourth-order valence-electron chi connectivity index (χ4n) is 4.10. The van der Waals surface area contributed by atoms with Gasteiger partial charge in [-0.3, -0.25) is 14.5 Å². The molecule has 30 heavy (non-hydrogen) atoms. The maximum atomic E-state index is 12.9. The highest BCUT2D eigenvalue weighted by Crippen LogP contribution is 2.37. The number of carbonyl (C=O) groups excluding carboxylic acids is 3. The third-order valence-corrected chi connectivity index (χ3v) is 5.95. The number of nitrogens with one attached hydrogen (secondary N) is 2. The van der Waals surface area contributed by atoms with Crippen LogP contribution in [0.4, 0.5) is 4.79 Å². The van der Waals surface area contributed by atoms with Gasteiger partial charge in [-0.25, -0.2) is 4.79 Å². The van der Waals surface area contributed by atoms with E-state index in [1.165, 1.54) is 4.90 Å². The number of ether oxygens (including phenoxy) is 2. The Labute approximate surface area is 177 Å². The highest BCUT2D eigenvalue weighted by Gasteiger charge is 2.44. The SMILES string of the molecule is CCCNC(=O)CC[C@H]1NC(=O)N(CC2(c3ccc(OC)cc3)CCOCC2)C1=O. The van der Waals surface area contributed by atoms with Gasteiger partial charge in [0.2, 0.25) is 5.91 Å². The molecule has 1 atom stereocenters. The summed E-state index contributed by atoms with van der Waals surface area (Å²) < 4.78 is 10.8. The van der Waals surface area contributed by atoms with Crippen molar-refractivity contribution >= 4 is 17.8 Å². The van der Waals surface area contributed by atoms with Crippen molar-refractivity contribution in [3.05, 3.63) is 29.8 Å². The molecule has 0 aliphatic carbocycles. The molecule has 2 heterocycles. The summed E-state index contributed by atoms with van der Waals surface area (Å²) in [6, 6.07) is 6.75. The number of hydrogen-bond donors (Lipinski definition) is 2. The number of hydrogen-bond acceptors (Lipinski definition) is 5. The van der Waals surface area contributed by atoms with Gasteiger partial charge >= 0.3 is 6.03 Å². The summed E-state index contributed by atoms with van der Waals surface area (Å²) in [4.78, 5) is 38.7. The van der Waals surface area contributed by atoms with Crippen LogP contribution in [0, 0.1) is 0 Å². The van der Waals surface area contributed by atoms with Crippen molar-refractivity contribution in [1.29, 1.82) is 0 Å². The lowest BCUT2D eigenvalue weighted by molar-refractivity contribution is -0.129. The van der Waals surface area contributed by atoms with Crippen molar-refractivity contribution in [2.75, 3.05) is 33.4 Å². The fourth-order valence-corrected chi connectivity index (χ4v) is 4.10. The van der Waals surface area contributed by atoms with E-state index in [1.807, 2.05) is 31.2 Å². The molecule has 2 N–H and O–H groups in total. The molecule has 2 aliphatic heterocycles. The number of benzene rings is 1. The Morgan fingerprint density at radius 2 is 1.97 bits per heavy atom. The Morgan fingerprint density at radius 3 is 2.60 bits per heavy atom. The zero-order valence-corrected chi connectivity index (χ0v) is 17.7. The third-order valence-electron chi connectivity index (χ3n) is 5.95. The first-order valence-corrected chi connectivity index (χ1v) is 10.6. The highest BCUT2D eigenvalue weighted by atomic mass is 16.5. The molecule has 0 aromatic heterocycles. The van der Waals surface area contributed by atoms with Crippen LogP contribution in [0.3, 0.4) is 0 Å².